The molecule has 1 aliphatic rings. The van der Waals surface area contributed by atoms with Gasteiger partial charge >= 0.3 is 6.18 Å². The Morgan fingerprint density at radius 3 is 2.68 bits per heavy atom. The van der Waals surface area contributed by atoms with E-state index in [1.165, 1.54) is 6.20 Å². The zero-order valence-corrected chi connectivity index (χ0v) is 11.7. The van der Waals surface area contributed by atoms with Crippen LogP contribution in [0.1, 0.15) is 18.4 Å². The van der Waals surface area contributed by atoms with E-state index in [1.807, 2.05) is 0 Å². The van der Waals surface area contributed by atoms with Crippen molar-refractivity contribution in [1.82, 2.24) is 10.3 Å². The zero-order chi connectivity index (χ0) is 13.9. The Balaban J connectivity index is 2.06. The summed E-state index contributed by atoms with van der Waals surface area (Å²) in [7, 11) is 0. The van der Waals surface area contributed by atoms with Crippen LogP contribution in [0.5, 0.6) is 5.88 Å². The van der Waals surface area contributed by atoms with Gasteiger partial charge in [-0.15, -0.1) is 0 Å². The third-order valence-electron chi connectivity index (χ3n) is 3.04. The fraction of sp³-hybridized carbons (Fsp3) is 0.583. The smallest absolute Gasteiger partial charge is 0.421 e. The fourth-order valence-electron chi connectivity index (χ4n) is 1.99. The minimum atomic E-state index is -4.46. The highest BCUT2D eigenvalue weighted by Gasteiger charge is 2.35. The zero-order valence-electron chi connectivity index (χ0n) is 10.1. The first-order valence-electron chi connectivity index (χ1n) is 6.03. The van der Waals surface area contributed by atoms with Crippen LogP contribution in [0.25, 0.3) is 0 Å². The van der Waals surface area contributed by atoms with E-state index in [-0.39, 0.29) is 22.9 Å². The average Bonchev–Trinajstić information content (AvgIpc) is 2.37. The van der Waals surface area contributed by atoms with Gasteiger partial charge in [0.05, 0.1) is 6.61 Å². The van der Waals surface area contributed by atoms with Crippen LogP contribution in [-0.4, -0.2) is 24.7 Å². The van der Waals surface area contributed by atoms with Crippen LogP contribution in [0.4, 0.5) is 13.2 Å². The maximum Gasteiger partial charge on any atom is 0.421 e. The Labute approximate surface area is 117 Å². The first-order chi connectivity index (χ1) is 8.97. The van der Waals surface area contributed by atoms with Gasteiger partial charge in [0.25, 0.3) is 0 Å². The molecule has 1 fully saturated rings. The molecule has 1 aromatic heterocycles. The number of rotatable bonds is 3. The number of ether oxygens (including phenoxy) is 1. The van der Waals surface area contributed by atoms with E-state index in [1.54, 1.807) is 0 Å². The van der Waals surface area contributed by atoms with Crippen LogP contribution in [0, 0.1) is 5.92 Å². The molecule has 106 valence electrons. The molecular formula is C12H14BrF3N2O. The summed E-state index contributed by atoms with van der Waals surface area (Å²) in [5, 5.41) is 3.20. The van der Waals surface area contributed by atoms with Gasteiger partial charge in [-0.05, 0) is 53.8 Å². The summed E-state index contributed by atoms with van der Waals surface area (Å²) in [5.41, 5.74) is -0.837. The lowest BCUT2D eigenvalue weighted by Gasteiger charge is -2.23. The Bertz CT molecular complexity index is 433. The van der Waals surface area contributed by atoms with Crippen LogP contribution in [0.3, 0.4) is 0 Å². The van der Waals surface area contributed by atoms with Crippen LogP contribution in [0.2, 0.25) is 0 Å². The monoisotopic (exact) mass is 338 g/mol. The summed E-state index contributed by atoms with van der Waals surface area (Å²) in [6.45, 7) is 2.04. The number of nitrogens with one attached hydrogen (secondary N) is 1. The van der Waals surface area contributed by atoms with Crippen LogP contribution in [0.15, 0.2) is 16.7 Å². The largest absolute Gasteiger partial charge is 0.477 e. The maximum atomic E-state index is 12.8. The quantitative estimate of drug-likeness (QED) is 0.918. The molecule has 0 saturated carbocycles. The lowest BCUT2D eigenvalue weighted by molar-refractivity contribution is -0.139. The number of nitrogens with zero attached hydrogens (tertiary/aromatic N) is 1. The van der Waals surface area contributed by atoms with Crippen molar-refractivity contribution >= 4 is 15.9 Å². The van der Waals surface area contributed by atoms with Crippen LogP contribution >= 0.6 is 15.9 Å². The second kappa shape index (κ2) is 6.09. The van der Waals surface area contributed by atoms with E-state index in [0.29, 0.717) is 0 Å². The van der Waals surface area contributed by atoms with Crippen molar-refractivity contribution in [2.75, 3.05) is 19.7 Å². The van der Waals surface area contributed by atoms with Gasteiger partial charge in [0.1, 0.15) is 5.56 Å². The summed E-state index contributed by atoms with van der Waals surface area (Å²) in [5.74, 6) is -0.0537. The van der Waals surface area contributed by atoms with Crippen molar-refractivity contribution in [3.8, 4) is 5.88 Å². The average molecular weight is 339 g/mol. The number of piperidine rings is 1. The molecule has 1 aliphatic heterocycles. The number of hydrogen-bond acceptors (Lipinski definition) is 3. The van der Waals surface area contributed by atoms with E-state index in [9.17, 15) is 13.2 Å². The Morgan fingerprint density at radius 2 is 2.05 bits per heavy atom. The predicted octanol–water partition coefficient (Wildman–Crippen LogP) is 3.24. The second-order valence-electron chi connectivity index (χ2n) is 4.51. The summed E-state index contributed by atoms with van der Waals surface area (Å²) in [6, 6.07) is 0.991. The number of aromatic nitrogens is 1. The summed E-state index contributed by atoms with van der Waals surface area (Å²) >= 11 is 2.99. The topological polar surface area (TPSA) is 34.1 Å². The normalized spacial score (nSPS) is 17.5. The summed E-state index contributed by atoms with van der Waals surface area (Å²) in [6.07, 6.45) is -1.32. The van der Waals surface area contributed by atoms with E-state index < -0.39 is 11.7 Å². The molecule has 0 unspecified atom stereocenters. The predicted molar refractivity (Wildman–Crippen MR) is 68.0 cm³/mol. The molecule has 3 nitrogen and oxygen atoms in total. The summed E-state index contributed by atoms with van der Waals surface area (Å²) < 4.78 is 44.1. The molecule has 1 saturated heterocycles. The molecule has 2 rings (SSSR count). The Hall–Kier alpha value is -0.820. The molecule has 1 aromatic rings. The molecule has 0 aromatic carbocycles. The standard InChI is InChI=1S/C12H14BrF3N2O/c13-9-5-10(12(14,15)16)11(18-6-9)19-7-8-1-3-17-4-2-8/h5-6,8,17H,1-4,7H2. The first-order valence-corrected chi connectivity index (χ1v) is 6.82. The molecule has 2 heterocycles. The van der Waals surface area contributed by atoms with Gasteiger partial charge in [-0.2, -0.15) is 13.2 Å². The van der Waals surface area contributed by atoms with Gasteiger partial charge < -0.3 is 10.1 Å². The Kier molecular flexibility index (Phi) is 4.67. The van der Waals surface area contributed by atoms with Crippen molar-refractivity contribution in [3.05, 3.63) is 22.3 Å². The number of hydrogen-bond donors (Lipinski definition) is 1. The SMILES string of the molecule is FC(F)(F)c1cc(Br)cnc1OCC1CCNCC1. The van der Waals surface area contributed by atoms with Crippen molar-refractivity contribution in [3.63, 3.8) is 0 Å². The molecule has 1 N–H and O–H groups in total. The highest BCUT2D eigenvalue weighted by molar-refractivity contribution is 9.10. The summed E-state index contributed by atoms with van der Waals surface area (Å²) in [4.78, 5) is 3.72. The molecule has 0 atom stereocenters. The third kappa shape index (κ3) is 4.07. The molecule has 19 heavy (non-hydrogen) atoms. The minimum absolute atomic E-state index is 0.277. The highest BCUT2D eigenvalue weighted by atomic mass is 79.9. The van der Waals surface area contributed by atoms with Crippen molar-refractivity contribution in [1.29, 1.82) is 0 Å². The fourth-order valence-corrected chi connectivity index (χ4v) is 2.32. The molecule has 0 spiro atoms. The molecule has 0 radical (unpaired) electrons. The van der Waals surface area contributed by atoms with Crippen molar-refractivity contribution in [2.24, 2.45) is 5.92 Å². The van der Waals surface area contributed by atoms with E-state index in [0.717, 1.165) is 32.0 Å². The van der Waals surface area contributed by atoms with Gasteiger partial charge in [-0.3, -0.25) is 0 Å². The molecule has 0 aliphatic carbocycles. The van der Waals surface area contributed by atoms with Gasteiger partial charge in [0.15, 0.2) is 0 Å². The van der Waals surface area contributed by atoms with Crippen molar-refractivity contribution < 1.29 is 17.9 Å². The first kappa shape index (κ1) is 14.6. The molecule has 0 amide bonds. The molecule has 0 bridgehead atoms. The minimum Gasteiger partial charge on any atom is -0.477 e. The van der Waals surface area contributed by atoms with Crippen LogP contribution < -0.4 is 10.1 Å². The lowest BCUT2D eigenvalue weighted by Crippen LogP contribution is -2.30. The van der Waals surface area contributed by atoms with Gasteiger partial charge in [0.2, 0.25) is 5.88 Å². The second-order valence-corrected chi connectivity index (χ2v) is 5.42. The highest BCUT2D eigenvalue weighted by Crippen LogP contribution is 2.36. The third-order valence-corrected chi connectivity index (χ3v) is 3.47. The number of pyridine rings is 1. The van der Waals surface area contributed by atoms with Gasteiger partial charge in [-0.1, -0.05) is 0 Å². The molecule has 7 heteroatoms. The van der Waals surface area contributed by atoms with E-state index in [4.69, 9.17) is 4.74 Å². The van der Waals surface area contributed by atoms with Crippen molar-refractivity contribution in [2.45, 2.75) is 19.0 Å². The Morgan fingerprint density at radius 1 is 1.37 bits per heavy atom. The lowest BCUT2D eigenvalue weighted by atomic mass is 9.99. The van der Waals surface area contributed by atoms with E-state index in [2.05, 4.69) is 26.2 Å². The molecular weight excluding hydrogens is 325 g/mol. The number of alkyl halides is 3. The number of halogens is 4. The van der Waals surface area contributed by atoms with E-state index >= 15 is 0 Å². The maximum absolute atomic E-state index is 12.8. The van der Waals surface area contributed by atoms with Gasteiger partial charge in [0, 0.05) is 10.7 Å². The van der Waals surface area contributed by atoms with Gasteiger partial charge in [-0.25, -0.2) is 4.98 Å². The van der Waals surface area contributed by atoms with Crippen LogP contribution in [-0.2, 0) is 6.18 Å².